The highest BCUT2D eigenvalue weighted by atomic mass is 35.5. The van der Waals surface area contributed by atoms with Crippen LogP contribution in [0, 0.1) is 0 Å². The number of carbonyl (C=O) groups is 1. The molecule has 3 aromatic rings. The highest BCUT2D eigenvalue weighted by Gasteiger charge is 2.33. The van der Waals surface area contributed by atoms with Crippen LogP contribution in [0.4, 0.5) is 11.5 Å². The van der Waals surface area contributed by atoms with Gasteiger partial charge in [-0.3, -0.25) is 9.48 Å². The molecule has 6 nitrogen and oxygen atoms in total. The van der Waals surface area contributed by atoms with E-state index in [-0.39, 0.29) is 16.8 Å². The van der Waals surface area contributed by atoms with Gasteiger partial charge in [0.25, 0.3) is 5.91 Å². The maximum atomic E-state index is 13.2. The number of pyridine rings is 1. The van der Waals surface area contributed by atoms with Crippen LogP contribution < -0.4 is 10.2 Å². The van der Waals surface area contributed by atoms with Crippen LogP contribution in [-0.4, -0.2) is 38.7 Å². The van der Waals surface area contributed by atoms with E-state index in [9.17, 15) is 4.79 Å². The first-order valence-electron chi connectivity index (χ1n) is 10.2. The SMILES string of the molecule is CC(C)n1cc(C(=O)Nc2c(-c3ccccc3)cc(Cl)nc2N2CCC(P)(P)C2)cn1. The summed E-state index contributed by atoms with van der Waals surface area (Å²) in [6.45, 7) is 5.64. The number of anilines is 2. The average molecular weight is 474 g/mol. The van der Waals surface area contributed by atoms with Gasteiger partial charge in [-0.15, -0.1) is 18.5 Å². The second-order valence-electron chi connectivity index (χ2n) is 8.22. The Bertz CT molecular complexity index is 1100. The van der Waals surface area contributed by atoms with Crippen LogP contribution in [0.5, 0.6) is 0 Å². The third-order valence-electron chi connectivity index (χ3n) is 5.32. The fraction of sp³-hybridized carbons (Fsp3) is 0.318. The molecule has 0 radical (unpaired) electrons. The fourth-order valence-corrected chi connectivity index (χ4v) is 4.55. The van der Waals surface area contributed by atoms with Crippen LogP contribution in [-0.2, 0) is 0 Å². The summed E-state index contributed by atoms with van der Waals surface area (Å²) in [6, 6.07) is 11.9. The number of nitrogens with zero attached hydrogens (tertiary/aromatic N) is 4. The topological polar surface area (TPSA) is 63.1 Å². The van der Waals surface area contributed by atoms with Crippen LogP contribution in [0.15, 0.2) is 48.8 Å². The fourth-order valence-electron chi connectivity index (χ4n) is 3.66. The van der Waals surface area contributed by atoms with Gasteiger partial charge in [-0.05, 0) is 31.9 Å². The van der Waals surface area contributed by atoms with E-state index in [4.69, 9.17) is 11.6 Å². The van der Waals surface area contributed by atoms with Crippen molar-refractivity contribution in [2.75, 3.05) is 23.3 Å². The minimum absolute atomic E-state index is 0.0105. The van der Waals surface area contributed by atoms with Gasteiger partial charge in [0.15, 0.2) is 5.82 Å². The predicted octanol–water partition coefficient (Wildman–Crippen LogP) is 5.09. The van der Waals surface area contributed by atoms with E-state index in [1.807, 2.05) is 44.2 Å². The number of nitrogens with one attached hydrogen (secondary N) is 1. The number of aromatic nitrogens is 3. The lowest BCUT2D eigenvalue weighted by atomic mass is 10.0. The second-order valence-corrected chi connectivity index (χ2v) is 11.6. The summed E-state index contributed by atoms with van der Waals surface area (Å²) >= 11 is 6.44. The number of carbonyl (C=O) groups excluding carboxylic acids is 1. The van der Waals surface area contributed by atoms with Crippen molar-refractivity contribution < 1.29 is 4.79 Å². The predicted molar refractivity (Wildman–Crippen MR) is 134 cm³/mol. The Balaban J connectivity index is 1.78. The Morgan fingerprint density at radius 2 is 2.00 bits per heavy atom. The van der Waals surface area contributed by atoms with Gasteiger partial charge in [0.2, 0.25) is 0 Å². The third kappa shape index (κ3) is 4.92. The summed E-state index contributed by atoms with van der Waals surface area (Å²) in [5.74, 6) is 0.458. The number of hydrogen-bond acceptors (Lipinski definition) is 4. The molecule has 3 heterocycles. The molecule has 9 heteroatoms. The summed E-state index contributed by atoms with van der Waals surface area (Å²) in [7, 11) is 5.79. The van der Waals surface area contributed by atoms with Gasteiger partial charge >= 0.3 is 0 Å². The first kappa shape index (κ1) is 22.2. The van der Waals surface area contributed by atoms with Gasteiger partial charge in [-0.2, -0.15) is 5.10 Å². The monoisotopic (exact) mass is 473 g/mol. The summed E-state index contributed by atoms with van der Waals surface area (Å²) in [4.78, 5) is 20.0. The molecule has 31 heavy (non-hydrogen) atoms. The van der Waals surface area contributed by atoms with Crippen LogP contribution in [0.25, 0.3) is 11.1 Å². The van der Waals surface area contributed by atoms with E-state index in [1.54, 1.807) is 23.1 Å². The highest BCUT2D eigenvalue weighted by molar-refractivity contribution is 7.40. The maximum absolute atomic E-state index is 13.2. The van der Waals surface area contributed by atoms with Gasteiger partial charge in [0, 0.05) is 35.8 Å². The Kier molecular flexibility index (Phi) is 6.35. The lowest BCUT2D eigenvalue weighted by Crippen LogP contribution is -2.26. The largest absolute Gasteiger partial charge is 0.354 e. The Morgan fingerprint density at radius 3 is 2.61 bits per heavy atom. The molecule has 2 atom stereocenters. The molecule has 1 aromatic carbocycles. The summed E-state index contributed by atoms with van der Waals surface area (Å²) < 4.78 is 1.77. The molecule has 1 aliphatic rings. The number of rotatable bonds is 5. The zero-order valence-corrected chi connectivity index (χ0v) is 20.6. The normalized spacial score (nSPS) is 15.5. The number of hydrogen-bond donors (Lipinski definition) is 1. The van der Waals surface area contributed by atoms with Crippen molar-refractivity contribution in [3.05, 3.63) is 59.5 Å². The number of amides is 1. The van der Waals surface area contributed by atoms with Crippen molar-refractivity contribution in [2.24, 2.45) is 0 Å². The molecule has 1 amide bonds. The van der Waals surface area contributed by atoms with Crippen molar-refractivity contribution in [1.29, 1.82) is 0 Å². The van der Waals surface area contributed by atoms with Crippen molar-refractivity contribution in [2.45, 2.75) is 31.2 Å². The quantitative estimate of drug-likeness (QED) is 0.414. The van der Waals surface area contributed by atoms with Crippen molar-refractivity contribution >= 4 is 47.5 Å². The average Bonchev–Trinajstić information content (AvgIpc) is 3.36. The number of benzene rings is 1. The summed E-state index contributed by atoms with van der Waals surface area (Å²) in [5, 5.41) is 7.80. The van der Waals surface area contributed by atoms with Crippen molar-refractivity contribution in [3.63, 3.8) is 0 Å². The Hall–Kier alpha value is -2.00. The van der Waals surface area contributed by atoms with E-state index in [1.165, 1.54) is 0 Å². The molecule has 162 valence electrons. The summed E-state index contributed by atoms with van der Waals surface area (Å²) in [5.41, 5.74) is 2.96. The molecule has 1 fully saturated rings. The molecule has 1 N–H and O–H groups in total. The molecule has 1 saturated heterocycles. The third-order valence-corrected chi connectivity index (χ3v) is 6.45. The summed E-state index contributed by atoms with van der Waals surface area (Å²) in [6.07, 6.45) is 4.33. The lowest BCUT2D eigenvalue weighted by molar-refractivity contribution is 0.102. The molecule has 0 saturated carbocycles. The first-order chi connectivity index (χ1) is 14.7. The molecule has 2 aromatic heterocycles. The molecular weight excluding hydrogens is 448 g/mol. The van der Waals surface area contributed by atoms with E-state index in [2.05, 4.69) is 38.8 Å². The van der Waals surface area contributed by atoms with Crippen LogP contribution in [0.1, 0.15) is 36.7 Å². The second kappa shape index (κ2) is 8.86. The van der Waals surface area contributed by atoms with Gasteiger partial charge in [0.05, 0.1) is 17.4 Å². The molecule has 1 aliphatic heterocycles. The highest BCUT2D eigenvalue weighted by Crippen LogP contribution is 2.43. The first-order valence-corrected chi connectivity index (χ1v) is 11.7. The van der Waals surface area contributed by atoms with Crippen molar-refractivity contribution in [1.82, 2.24) is 14.8 Å². The van der Waals surface area contributed by atoms with E-state index in [0.29, 0.717) is 22.2 Å². The van der Waals surface area contributed by atoms with Gasteiger partial charge in [-0.25, -0.2) is 4.98 Å². The van der Waals surface area contributed by atoms with Gasteiger partial charge < -0.3 is 10.2 Å². The molecular formula is C22H26ClN5OP2. The molecule has 4 rings (SSSR count). The Morgan fingerprint density at radius 1 is 1.26 bits per heavy atom. The lowest BCUT2D eigenvalue weighted by Gasteiger charge is -2.25. The van der Waals surface area contributed by atoms with E-state index in [0.717, 1.165) is 30.6 Å². The van der Waals surface area contributed by atoms with Crippen LogP contribution in [0.2, 0.25) is 5.15 Å². The molecule has 2 unspecified atom stereocenters. The van der Waals surface area contributed by atoms with Crippen molar-refractivity contribution in [3.8, 4) is 11.1 Å². The minimum atomic E-state index is -0.225. The molecule has 0 bridgehead atoms. The maximum Gasteiger partial charge on any atom is 0.258 e. The van der Waals surface area contributed by atoms with Crippen LogP contribution in [0.3, 0.4) is 0 Å². The van der Waals surface area contributed by atoms with E-state index < -0.39 is 0 Å². The van der Waals surface area contributed by atoms with Gasteiger partial charge in [0.1, 0.15) is 5.15 Å². The molecule has 0 spiro atoms. The zero-order valence-electron chi connectivity index (χ0n) is 17.5. The zero-order chi connectivity index (χ0) is 22.2. The molecule has 0 aliphatic carbocycles. The smallest absolute Gasteiger partial charge is 0.258 e. The number of halogens is 1. The standard InChI is InChI=1S/C22H26ClN5OP2/c1-14(2)28-12-16(11-24-28)21(29)26-19-17(15-6-4-3-5-7-15)10-18(23)25-20(19)27-9-8-22(30,31)13-27/h3-7,10-12,14H,8-9,13,30-31H2,1-2H3,(H,26,29). The van der Waals surface area contributed by atoms with E-state index >= 15 is 0 Å². The Labute approximate surface area is 192 Å². The van der Waals surface area contributed by atoms with Crippen LogP contribution >= 0.6 is 30.1 Å². The van der Waals surface area contributed by atoms with Gasteiger partial charge in [-0.1, -0.05) is 41.9 Å². The minimum Gasteiger partial charge on any atom is -0.354 e.